The topological polar surface area (TPSA) is 102 Å². The minimum atomic E-state index is -1.60. The monoisotopic (exact) mass is 246 g/mol. The number of amides is 2. The lowest BCUT2D eigenvalue weighted by Gasteiger charge is -2.18. The van der Waals surface area contributed by atoms with E-state index in [0.29, 0.717) is 5.56 Å². The second kappa shape index (κ2) is 4.37. The van der Waals surface area contributed by atoms with Crippen LogP contribution in [-0.4, -0.2) is 22.4 Å². The van der Waals surface area contributed by atoms with Gasteiger partial charge in [-0.2, -0.15) is 10.2 Å². The Morgan fingerprint density at radius 2 is 1.89 bits per heavy atom. The van der Waals surface area contributed by atoms with E-state index in [4.69, 9.17) is 15.5 Å². The zero-order chi connectivity index (χ0) is 13.3. The summed E-state index contributed by atoms with van der Waals surface area (Å²) in [5.74, 6) is 0.148. The maximum absolute atomic E-state index is 11.0. The largest absolute Gasteiger partial charge is 0.464 e. The molecule has 0 saturated heterocycles. The van der Waals surface area contributed by atoms with Gasteiger partial charge in [0.05, 0.1) is 11.3 Å². The first kappa shape index (κ1) is 11.9. The Labute approximate surface area is 103 Å². The summed E-state index contributed by atoms with van der Waals surface area (Å²) < 4.78 is 0. The van der Waals surface area contributed by atoms with Crippen molar-refractivity contribution in [2.75, 3.05) is 4.90 Å². The molecule has 0 atom stereocenters. The highest BCUT2D eigenvalue weighted by atomic mass is 16.4. The van der Waals surface area contributed by atoms with Crippen LogP contribution >= 0.6 is 0 Å². The van der Waals surface area contributed by atoms with Crippen LogP contribution in [0.2, 0.25) is 0 Å². The molecule has 1 aromatic carbocycles. The van der Waals surface area contributed by atoms with Gasteiger partial charge < -0.3 is 10.2 Å². The third-order valence-corrected chi connectivity index (χ3v) is 2.81. The average molecular weight is 246 g/mol. The highest BCUT2D eigenvalue weighted by Crippen LogP contribution is 2.45. The molecule has 1 aliphatic carbocycles. The first-order valence-corrected chi connectivity index (χ1v) is 5.35. The fourth-order valence-corrected chi connectivity index (χ4v) is 1.90. The molecule has 0 bridgehead atoms. The Hall–Kier alpha value is -2.55. The summed E-state index contributed by atoms with van der Waals surface area (Å²) in [4.78, 5) is 22.3. The lowest BCUT2D eigenvalue weighted by Crippen LogP contribution is -2.35. The molecule has 2 N–H and O–H groups in total. The minimum Gasteiger partial charge on any atom is -0.464 e. The van der Waals surface area contributed by atoms with E-state index in [1.807, 2.05) is 6.07 Å². The normalized spacial score (nSPS) is 13.7. The number of nitriles is 1. The van der Waals surface area contributed by atoms with Gasteiger partial charge in [0.1, 0.15) is 6.07 Å². The fraction of sp³-hybridized carbons (Fsp3) is 0.250. The van der Waals surface area contributed by atoms with E-state index >= 15 is 0 Å². The van der Waals surface area contributed by atoms with Crippen LogP contribution in [0.25, 0.3) is 0 Å². The van der Waals surface area contributed by atoms with E-state index in [2.05, 4.69) is 0 Å². The summed E-state index contributed by atoms with van der Waals surface area (Å²) in [5, 5.41) is 27.0. The molecule has 1 aromatic rings. The quantitative estimate of drug-likeness (QED) is 0.834. The Morgan fingerprint density at radius 1 is 1.28 bits per heavy atom. The average Bonchev–Trinajstić information content (AvgIpc) is 3.12. The smallest absolute Gasteiger partial charge is 0.421 e. The first-order valence-electron chi connectivity index (χ1n) is 5.35. The summed E-state index contributed by atoms with van der Waals surface area (Å²) in [6.07, 6.45) is -1.44. The first-order chi connectivity index (χ1) is 8.56. The molecule has 2 amide bonds. The van der Waals surface area contributed by atoms with Crippen molar-refractivity contribution < 1.29 is 19.8 Å². The molecule has 1 aliphatic rings. The van der Waals surface area contributed by atoms with Gasteiger partial charge >= 0.3 is 12.2 Å². The van der Waals surface area contributed by atoms with Crippen molar-refractivity contribution in [1.29, 1.82) is 5.26 Å². The Bertz CT molecular complexity index is 544. The van der Waals surface area contributed by atoms with Crippen molar-refractivity contribution in [3.05, 3.63) is 29.3 Å². The molecule has 92 valence electrons. The van der Waals surface area contributed by atoms with Gasteiger partial charge in [0.2, 0.25) is 0 Å². The van der Waals surface area contributed by atoms with Crippen molar-refractivity contribution in [3.8, 4) is 6.07 Å². The maximum Gasteiger partial charge on any atom is 0.421 e. The third-order valence-electron chi connectivity index (χ3n) is 2.81. The summed E-state index contributed by atoms with van der Waals surface area (Å²) in [6, 6.07) is 6.57. The molecule has 0 unspecified atom stereocenters. The molecule has 1 fully saturated rings. The predicted molar refractivity (Wildman–Crippen MR) is 61.7 cm³/mol. The van der Waals surface area contributed by atoms with Crippen LogP contribution < -0.4 is 4.90 Å². The maximum atomic E-state index is 11.0. The number of carbonyl (C=O) groups is 2. The van der Waals surface area contributed by atoms with Gasteiger partial charge in [0.15, 0.2) is 0 Å². The molecule has 0 radical (unpaired) electrons. The van der Waals surface area contributed by atoms with Gasteiger partial charge in [-0.15, -0.1) is 0 Å². The molecular weight excluding hydrogens is 236 g/mol. The van der Waals surface area contributed by atoms with Gasteiger partial charge in [-0.3, -0.25) is 0 Å². The number of hydrogen-bond acceptors (Lipinski definition) is 3. The van der Waals surface area contributed by atoms with Crippen LogP contribution in [0.5, 0.6) is 0 Å². The zero-order valence-corrected chi connectivity index (χ0v) is 9.33. The number of benzene rings is 1. The number of rotatable bonds is 2. The van der Waals surface area contributed by atoms with E-state index < -0.39 is 12.2 Å². The van der Waals surface area contributed by atoms with Gasteiger partial charge in [-0.05, 0) is 30.4 Å². The lowest BCUT2D eigenvalue weighted by atomic mass is 10.0. The minimum absolute atomic E-state index is 0.0255. The Kier molecular flexibility index (Phi) is 2.90. The van der Waals surface area contributed by atoms with Crippen LogP contribution in [0, 0.1) is 11.3 Å². The second-order valence-corrected chi connectivity index (χ2v) is 4.03. The van der Waals surface area contributed by atoms with E-state index in [9.17, 15) is 9.59 Å². The number of anilines is 1. The van der Waals surface area contributed by atoms with Crippen LogP contribution in [-0.2, 0) is 0 Å². The van der Waals surface area contributed by atoms with Gasteiger partial charge in [0.25, 0.3) is 0 Å². The highest BCUT2D eigenvalue weighted by Gasteiger charge is 2.33. The summed E-state index contributed by atoms with van der Waals surface area (Å²) >= 11 is 0. The standard InChI is InChI=1S/C12H10N2O4/c13-6-8-2-1-3-9(7-4-5-7)10(8)14(11(15)16)12(17)18/h1-3,7H,4-5H2,(H,15,16)(H,17,18). The van der Waals surface area contributed by atoms with Crippen LogP contribution in [0.1, 0.15) is 29.9 Å². The summed E-state index contributed by atoms with van der Waals surface area (Å²) in [7, 11) is 0. The van der Waals surface area contributed by atoms with Crippen molar-refractivity contribution in [2.24, 2.45) is 0 Å². The molecule has 0 heterocycles. The summed E-state index contributed by atoms with van der Waals surface area (Å²) in [6.45, 7) is 0. The van der Waals surface area contributed by atoms with Gasteiger partial charge in [-0.25, -0.2) is 9.59 Å². The van der Waals surface area contributed by atoms with Crippen molar-refractivity contribution in [2.45, 2.75) is 18.8 Å². The number of imide groups is 1. The van der Waals surface area contributed by atoms with Gasteiger partial charge in [0, 0.05) is 0 Å². The Balaban J connectivity index is 2.62. The molecular formula is C12H10N2O4. The van der Waals surface area contributed by atoms with E-state index in [1.165, 1.54) is 6.07 Å². The molecule has 6 heteroatoms. The molecule has 0 aromatic heterocycles. The fourth-order valence-electron chi connectivity index (χ4n) is 1.90. The predicted octanol–water partition coefficient (Wildman–Crippen LogP) is 2.60. The van der Waals surface area contributed by atoms with Crippen LogP contribution in [0.15, 0.2) is 18.2 Å². The SMILES string of the molecule is N#Cc1cccc(C2CC2)c1N(C(=O)O)C(=O)O. The molecule has 18 heavy (non-hydrogen) atoms. The van der Waals surface area contributed by atoms with Crippen molar-refractivity contribution in [3.63, 3.8) is 0 Å². The summed E-state index contributed by atoms with van der Waals surface area (Å²) in [5.41, 5.74) is 0.644. The van der Waals surface area contributed by atoms with E-state index in [0.717, 1.165) is 12.8 Å². The molecule has 6 nitrogen and oxygen atoms in total. The molecule has 1 saturated carbocycles. The van der Waals surface area contributed by atoms with E-state index in [-0.39, 0.29) is 22.1 Å². The zero-order valence-electron chi connectivity index (χ0n) is 9.33. The molecule has 2 rings (SSSR count). The van der Waals surface area contributed by atoms with Crippen LogP contribution in [0.4, 0.5) is 15.3 Å². The number of para-hydroxylation sites is 1. The van der Waals surface area contributed by atoms with Crippen LogP contribution in [0.3, 0.4) is 0 Å². The Morgan fingerprint density at radius 3 is 2.33 bits per heavy atom. The van der Waals surface area contributed by atoms with Gasteiger partial charge in [-0.1, -0.05) is 12.1 Å². The van der Waals surface area contributed by atoms with Crippen molar-refractivity contribution >= 4 is 17.9 Å². The second-order valence-electron chi connectivity index (χ2n) is 4.03. The number of carboxylic acid groups (broad SMARTS) is 2. The highest BCUT2D eigenvalue weighted by molar-refractivity contribution is 6.09. The molecule has 0 aliphatic heterocycles. The third kappa shape index (κ3) is 1.98. The van der Waals surface area contributed by atoms with Crippen molar-refractivity contribution in [1.82, 2.24) is 0 Å². The van der Waals surface area contributed by atoms with E-state index in [1.54, 1.807) is 12.1 Å². The molecule has 0 spiro atoms. The lowest BCUT2D eigenvalue weighted by molar-refractivity contribution is 0.184. The number of hydrogen-bond donors (Lipinski definition) is 2. The number of nitrogens with zero attached hydrogens (tertiary/aromatic N) is 2.